The Balaban J connectivity index is 1.64. The van der Waals surface area contributed by atoms with Crippen LogP contribution in [0.2, 0.25) is 0 Å². The normalized spacial score (nSPS) is 16.7. The smallest absolute Gasteiger partial charge is 0.192 e. The van der Waals surface area contributed by atoms with E-state index in [9.17, 15) is 5.11 Å². The summed E-state index contributed by atoms with van der Waals surface area (Å²) in [6.07, 6.45) is 7.53. The van der Waals surface area contributed by atoms with Gasteiger partial charge >= 0.3 is 0 Å². The molecule has 3 N–H and O–H groups in total. The Kier molecular flexibility index (Phi) is 6.17. The molecule has 140 valence electrons. The molecule has 1 aliphatic carbocycles. The number of aliphatic hydroxyl groups excluding tert-OH is 1. The molecule has 0 amide bonds. The van der Waals surface area contributed by atoms with Crippen LogP contribution in [-0.4, -0.2) is 43.4 Å². The maximum atomic E-state index is 10.4. The van der Waals surface area contributed by atoms with Crippen molar-refractivity contribution in [3.05, 3.63) is 41.7 Å². The first-order chi connectivity index (χ1) is 12.6. The SMILES string of the molecule is Cc1nnc(CN=C(NCC(O)c2ccncc2)NC2CCCC2)n1C. The molecule has 3 rings (SSSR count). The van der Waals surface area contributed by atoms with Crippen molar-refractivity contribution in [3.63, 3.8) is 0 Å². The summed E-state index contributed by atoms with van der Waals surface area (Å²) in [5.74, 6) is 2.37. The first kappa shape index (κ1) is 18.3. The van der Waals surface area contributed by atoms with Crippen molar-refractivity contribution in [2.75, 3.05) is 6.54 Å². The van der Waals surface area contributed by atoms with Crippen molar-refractivity contribution in [1.29, 1.82) is 0 Å². The highest BCUT2D eigenvalue weighted by molar-refractivity contribution is 5.80. The molecule has 2 heterocycles. The second-order valence-electron chi connectivity index (χ2n) is 6.69. The number of nitrogens with zero attached hydrogens (tertiary/aromatic N) is 5. The van der Waals surface area contributed by atoms with E-state index in [0.29, 0.717) is 25.1 Å². The van der Waals surface area contributed by atoms with Crippen molar-refractivity contribution in [2.24, 2.45) is 12.0 Å². The van der Waals surface area contributed by atoms with E-state index in [4.69, 9.17) is 0 Å². The predicted molar refractivity (Wildman–Crippen MR) is 99.5 cm³/mol. The minimum absolute atomic E-state index is 0.375. The maximum absolute atomic E-state index is 10.4. The second-order valence-corrected chi connectivity index (χ2v) is 6.69. The van der Waals surface area contributed by atoms with Crippen LogP contribution in [0, 0.1) is 6.92 Å². The van der Waals surface area contributed by atoms with Gasteiger partial charge in [0, 0.05) is 32.0 Å². The van der Waals surface area contributed by atoms with Gasteiger partial charge in [-0.15, -0.1) is 10.2 Å². The van der Waals surface area contributed by atoms with E-state index < -0.39 is 6.10 Å². The molecule has 8 heteroatoms. The quantitative estimate of drug-likeness (QED) is 0.531. The average Bonchev–Trinajstić information content (AvgIpc) is 3.29. The monoisotopic (exact) mass is 357 g/mol. The van der Waals surface area contributed by atoms with Crippen LogP contribution in [-0.2, 0) is 13.6 Å². The lowest BCUT2D eigenvalue weighted by atomic mass is 10.1. The van der Waals surface area contributed by atoms with Crippen molar-refractivity contribution < 1.29 is 5.11 Å². The van der Waals surface area contributed by atoms with E-state index in [1.165, 1.54) is 12.8 Å². The number of aryl methyl sites for hydroxylation is 1. The Labute approximate surface area is 153 Å². The number of guanidine groups is 1. The fraction of sp³-hybridized carbons (Fsp3) is 0.556. The summed E-state index contributed by atoms with van der Waals surface area (Å²) < 4.78 is 1.93. The molecule has 0 aliphatic heterocycles. The van der Waals surface area contributed by atoms with Crippen LogP contribution in [0.4, 0.5) is 0 Å². The van der Waals surface area contributed by atoms with Crippen molar-refractivity contribution >= 4 is 5.96 Å². The van der Waals surface area contributed by atoms with E-state index in [0.717, 1.165) is 30.1 Å². The Bertz CT molecular complexity index is 722. The van der Waals surface area contributed by atoms with Crippen LogP contribution < -0.4 is 10.6 Å². The predicted octanol–water partition coefficient (Wildman–Crippen LogP) is 1.23. The van der Waals surface area contributed by atoms with Gasteiger partial charge in [-0.1, -0.05) is 12.8 Å². The summed E-state index contributed by atoms with van der Waals surface area (Å²) in [5, 5.41) is 25.3. The minimum Gasteiger partial charge on any atom is -0.387 e. The first-order valence-electron chi connectivity index (χ1n) is 9.11. The molecule has 2 aromatic heterocycles. The Morgan fingerprint density at radius 3 is 2.69 bits per heavy atom. The average molecular weight is 357 g/mol. The number of rotatable bonds is 6. The third-order valence-corrected chi connectivity index (χ3v) is 4.81. The van der Waals surface area contributed by atoms with Gasteiger partial charge in [-0.3, -0.25) is 4.98 Å². The van der Waals surface area contributed by atoms with Gasteiger partial charge in [-0.25, -0.2) is 4.99 Å². The minimum atomic E-state index is -0.620. The molecule has 1 unspecified atom stereocenters. The molecule has 0 bridgehead atoms. The number of aromatic nitrogens is 4. The molecule has 1 saturated carbocycles. The third kappa shape index (κ3) is 4.78. The number of hydrogen-bond donors (Lipinski definition) is 3. The summed E-state index contributed by atoms with van der Waals surface area (Å²) in [6.45, 7) is 2.73. The zero-order valence-electron chi connectivity index (χ0n) is 15.4. The fourth-order valence-corrected chi connectivity index (χ4v) is 3.05. The molecule has 1 aliphatic rings. The second kappa shape index (κ2) is 8.75. The lowest BCUT2D eigenvalue weighted by molar-refractivity contribution is 0.180. The standard InChI is InChI=1S/C18H27N7O/c1-13-23-24-17(25(13)2)12-21-18(22-15-5-3-4-6-15)20-11-16(26)14-7-9-19-10-8-14/h7-10,15-16,26H,3-6,11-12H2,1-2H3,(H2,20,21,22). The largest absolute Gasteiger partial charge is 0.387 e. The molecule has 0 spiro atoms. The number of aliphatic imine (C=N–C) groups is 1. The number of hydrogen-bond acceptors (Lipinski definition) is 5. The molecule has 1 fully saturated rings. The van der Waals surface area contributed by atoms with Gasteiger partial charge in [0.25, 0.3) is 0 Å². The first-order valence-corrected chi connectivity index (χ1v) is 9.11. The van der Waals surface area contributed by atoms with E-state index in [1.54, 1.807) is 12.4 Å². The van der Waals surface area contributed by atoms with E-state index >= 15 is 0 Å². The summed E-state index contributed by atoms with van der Waals surface area (Å²) >= 11 is 0. The van der Waals surface area contributed by atoms with Crippen LogP contribution >= 0.6 is 0 Å². The Morgan fingerprint density at radius 2 is 2.04 bits per heavy atom. The molecule has 2 aromatic rings. The third-order valence-electron chi connectivity index (χ3n) is 4.81. The fourth-order valence-electron chi connectivity index (χ4n) is 3.05. The van der Waals surface area contributed by atoms with Crippen molar-refractivity contribution in [2.45, 2.75) is 51.3 Å². The molecular formula is C18H27N7O. The van der Waals surface area contributed by atoms with Crippen LogP contribution in [0.5, 0.6) is 0 Å². The van der Waals surface area contributed by atoms with Gasteiger partial charge in [0.1, 0.15) is 12.4 Å². The summed E-state index contributed by atoms with van der Waals surface area (Å²) in [7, 11) is 1.94. The Hall–Kier alpha value is -2.48. The number of aliphatic hydroxyl groups is 1. The van der Waals surface area contributed by atoms with Crippen LogP contribution in [0.1, 0.15) is 49.0 Å². The molecular weight excluding hydrogens is 330 g/mol. The molecule has 0 saturated heterocycles. The van der Waals surface area contributed by atoms with Crippen LogP contribution in [0.15, 0.2) is 29.5 Å². The van der Waals surface area contributed by atoms with Crippen molar-refractivity contribution in [1.82, 2.24) is 30.4 Å². The summed E-state index contributed by atoms with van der Waals surface area (Å²) in [5.41, 5.74) is 0.830. The number of pyridine rings is 1. The van der Waals surface area contributed by atoms with Crippen LogP contribution in [0.3, 0.4) is 0 Å². The van der Waals surface area contributed by atoms with Gasteiger partial charge in [0.15, 0.2) is 11.8 Å². The molecule has 1 atom stereocenters. The molecule has 0 radical (unpaired) electrons. The summed E-state index contributed by atoms with van der Waals surface area (Å²) in [4.78, 5) is 8.63. The van der Waals surface area contributed by atoms with Gasteiger partial charge in [0.2, 0.25) is 0 Å². The zero-order chi connectivity index (χ0) is 18.4. The number of nitrogens with one attached hydrogen (secondary N) is 2. The lowest BCUT2D eigenvalue weighted by Gasteiger charge is -2.19. The molecule has 26 heavy (non-hydrogen) atoms. The van der Waals surface area contributed by atoms with Gasteiger partial charge in [-0.05, 0) is 37.5 Å². The topological polar surface area (TPSA) is 100 Å². The van der Waals surface area contributed by atoms with Crippen LogP contribution in [0.25, 0.3) is 0 Å². The summed E-state index contributed by atoms with van der Waals surface area (Å²) in [6, 6.07) is 4.06. The van der Waals surface area contributed by atoms with E-state index in [-0.39, 0.29) is 0 Å². The van der Waals surface area contributed by atoms with Gasteiger partial charge < -0.3 is 20.3 Å². The highest BCUT2D eigenvalue weighted by Crippen LogP contribution is 2.17. The molecule has 8 nitrogen and oxygen atoms in total. The van der Waals surface area contributed by atoms with Gasteiger partial charge in [-0.2, -0.15) is 0 Å². The van der Waals surface area contributed by atoms with Crippen molar-refractivity contribution in [3.8, 4) is 0 Å². The zero-order valence-corrected chi connectivity index (χ0v) is 15.4. The van der Waals surface area contributed by atoms with Gasteiger partial charge in [0.05, 0.1) is 6.10 Å². The lowest BCUT2D eigenvalue weighted by Crippen LogP contribution is -2.43. The maximum Gasteiger partial charge on any atom is 0.192 e. The van der Waals surface area contributed by atoms with E-state index in [1.807, 2.05) is 30.7 Å². The Morgan fingerprint density at radius 1 is 1.31 bits per heavy atom. The molecule has 0 aromatic carbocycles. The highest BCUT2D eigenvalue weighted by atomic mass is 16.3. The highest BCUT2D eigenvalue weighted by Gasteiger charge is 2.17. The van der Waals surface area contributed by atoms with E-state index in [2.05, 4.69) is 30.8 Å².